The van der Waals surface area contributed by atoms with E-state index in [9.17, 15) is 9.59 Å². The third-order valence-corrected chi connectivity index (χ3v) is 2.40. The number of hydrogen-bond donors (Lipinski definition) is 2. The number of benzene rings is 1. The number of aromatic nitrogens is 1. The number of para-hydroxylation sites is 1. The lowest BCUT2D eigenvalue weighted by Gasteiger charge is -2.07. The maximum absolute atomic E-state index is 11.8. The van der Waals surface area contributed by atoms with Gasteiger partial charge in [0.25, 0.3) is 5.91 Å². The van der Waals surface area contributed by atoms with E-state index in [2.05, 4.69) is 10.3 Å². The Hall–Kier alpha value is -2.36. The number of amides is 1. The SMILES string of the molecule is CC(=O)c1ccccc1NC(=O)c1ccc[nH]1. The molecule has 4 nitrogen and oxygen atoms in total. The fraction of sp³-hybridized carbons (Fsp3) is 0.0769. The Morgan fingerprint density at radius 2 is 1.88 bits per heavy atom. The highest BCUT2D eigenvalue weighted by molar-refractivity contribution is 6.08. The van der Waals surface area contributed by atoms with Gasteiger partial charge in [0.1, 0.15) is 5.69 Å². The van der Waals surface area contributed by atoms with Crippen molar-refractivity contribution in [3.63, 3.8) is 0 Å². The van der Waals surface area contributed by atoms with Gasteiger partial charge in [-0.05, 0) is 31.2 Å². The van der Waals surface area contributed by atoms with Gasteiger partial charge in [-0.25, -0.2) is 0 Å². The molecular weight excluding hydrogens is 216 g/mol. The van der Waals surface area contributed by atoms with Gasteiger partial charge in [0, 0.05) is 11.8 Å². The summed E-state index contributed by atoms with van der Waals surface area (Å²) in [5.74, 6) is -0.337. The van der Waals surface area contributed by atoms with E-state index in [0.29, 0.717) is 16.9 Å². The molecule has 0 aliphatic heterocycles. The van der Waals surface area contributed by atoms with Crippen LogP contribution in [0, 0.1) is 0 Å². The number of anilines is 1. The van der Waals surface area contributed by atoms with E-state index in [0.717, 1.165) is 0 Å². The van der Waals surface area contributed by atoms with Crippen molar-refractivity contribution in [2.24, 2.45) is 0 Å². The lowest BCUT2D eigenvalue weighted by Crippen LogP contribution is -2.14. The fourth-order valence-electron chi connectivity index (χ4n) is 1.56. The first-order valence-electron chi connectivity index (χ1n) is 5.23. The van der Waals surface area contributed by atoms with Gasteiger partial charge in [-0.15, -0.1) is 0 Å². The quantitative estimate of drug-likeness (QED) is 0.793. The van der Waals surface area contributed by atoms with Crippen molar-refractivity contribution >= 4 is 17.4 Å². The van der Waals surface area contributed by atoms with Crippen molar-refractivity contribution in [2.45, 2.75) is 6.92 Å². The highest BCUT2D eigenvalue weighted by Crippen LogP contribution is 2.16. The van der Waals surface area contributed by atoms with Crippen LogP contribution in [0.25, 0.3) is 0 Å². The van der Waals surface area contributed by atoms with Crippen LogP contribution in [0.2, 0.25) is 0 Å². The first kappa shape index (κ1) is 11.1. The van der Waals surface area contributed by atoms with Crippen LogP contribution in [0.1, 0.15) is 27.8 Å². The minimum Gasteiger partial charge on any atom is -0.357 e. The van der Waals surface area contributed by atoms with E-state index in [4.69, 9.17) is 0 Å². The number of hydrogen-bond acceptors (Lipinski definition) is 2. The molecular formula is C13H12N2O2. The van der Waals surface area contributed by atoms with E-state index in [-0.39, 0.29) is 11.7 Å². The van der Waals surface area contributed by atoms with Crippen molar-refractivity contribution in [2.75, 3.05) is 5.32 Å². The van der Waals surface area contributed by atoms with Gasteiger partial charge >= 0.3 is 0 Å². The minimum absolute atomic E-state index is 0.0765. The molecule has 2 aromatic rings. The van der Waals surface area contributed by atoms with Gasteiger partial charge < -0.3 is 10.3 Å². The fourth-order valence-corrected chi connectivity index (χ4v) is 1.56. The number of H-pyrrole nitrogens is 1. The predicted molar refractivity (Wildman–Crippen MR) is 65.2 cm³/mol. The van der Waals surface area contributed by atoms with Crippen LogP contribution >= 0.6 is 0 Å². The standard InChI is InChI=1S/C13H12N2O2/c1-9(16)10-5-2-3-6-11(10)15-13(17)12-7-4-8-14-12/h2-8,14H,1H3,(H,15,17). The summed E-state index contributed by atoms with van der Waals surface area (Å²) in [6, 6.07) is 10.3. The summed E-state index contributed by atoms with van der Waals surface area (Å²) in [5.41, 5.74) is 1.50. The maximum Gasteiger partial charge on any atom is 0.272 e. The molecule has 17 heavy (non-hydrogen) atoms. The van der Waals surface area contributed by atoms with Gasteiger partial charge in [0.15, 0.2) is 5.78 Å². The second-order valence-corrected chi connectivity index (χ2v) is 3.64. The molecule has 0 saturated carbocycles. The number of carbonyl (C=O) groups excluding carboxylic acids is 2. The second-order valence-electron chi connectivity index (χ2n) is 3.64. The number of carbonyl (C=O) groups is 2. The molecule has 4 heteroatoms. The average molecular weight is 228 g/mol. The van der Waals surface area contributed by atoms with E-state index >= 15 is 0 Å². The van der Waals surface area contributed by atoms with Gasteiger partial charge in [0.05, 0.1) is 5.69 Å². The zero-order chi connectivity index (χ0) is 12.3. The summed E-state index contributed by atoms with van der Waals surface area (Å²) < 4.78 is 0. The highest BCUT2D eigenvalue weighted by Gasteiger charge is 2.11. The normalized spacial score (nSPS) is 9.94. The Kier molecular flexibility index (Phi) is 3.05. The van der Waals surface area contributed by atoms with Crippen molar-refractivity contribution < 1.29 is 9.59 Å². The van der Waals surface area contributed by atoms with Crippen molar-refractivity contribution in [1.29, 1.82) is 0 Å². The van der Waals surface area contributed by atoms with E-state index in [1.807, 2.05) is 0 Å². The minimum atomic E-state index is -0.260. The van der Waals surface area contributed by atoms with Crippen molar-refractivity contribution in [3.05, 3.63) is 53.9 Å². The number of nitrogens with one attached hydrogen (secondary N) is 2. The van der Waals surface area contributed by atoms with Gasteiger partial charge in [-0.3, -0.25) is 9.59 Å². The van der Waals surface area contributed by atoms with Crippen molar-refractivity contribution in [3.8, 4) is 0 Å². The Labute approximate surface area is 98.7 Å². The molecule has 1 aromatic carbocycles. The first-order valence-corrected chi connectivity index (χ1v) is 5.23. The van der Waals surface area contributed by atoms with Crippen LogP contribution in [-0.4, -0.2) is 16.7 Å². The molecule has 0 radical (unpaired) electrons. The molecule has 0 atom stereocenters. The molecule has 0 bridgehead atoms. The molecule has 0 spiro atoms. The molecule has 0 aliphatic carbocycles. The van der Waals surface area contributed by atoms with E-state index in [1.54, 1.807) is 42.6 Å². The molecule has 86 valence electrons. The van der Waals surface area contributed by atoms with Gasteiger partial charge in [-0.2, -0.15) is 0 Å². The number of rotatable bonds is 3. The Morgan fingerprint density at radius 1 is 1.12 bits per heavy atom. The molecule has 2 rings (SSSR count). The average Bonchev–Trinajstić information content (AvgIpc) is 2.83. The molecule has 1 aromatic heterocycles. The first-order chi connectivity index (χ1) is 8.18. The van der Waals surface area contributed by atoms with E-state index in [1.165, 1.54) is 6.92 Å². The molecule has 0 saturated heterocycles. The van der Waals surface area contributed by atoms with Crippen LogP contribution in [0.3, 0.4) is 0 Å². The van der Waals surface area contributed by atoms with Crippen LogP contribution in [0.15, 0.2) is 42.6 Å². The summed E-state index contributed by atoms with van der Waals surface area (Å²) in [5, 5.41) is 2.70. The van der Waals surface area contributed by atoms with Gasteiger partial charge in [0.2, 0.25) is 0 Å². The maximum atomic E-state index is 11.8. The molecule has 2 N–H and O–H groups in total. The summed E-state index contributed by atoms with van der Waals surface area (Å²) in [4.78, 5) is 26.0. The molecule has 0 unspecified atom stereocenters. The monoisotopic (exact) mass is 228 g/mol. The lowest BCUT2D eigenvalue weighted by atomic mass is 10.1. The molecule has 1 amide bonds. The summed E-state index contributed by atoms with van der Waals surface area (Å²) >= 11 is 0. The zero-order valence-electron chi connectivity index (χ0n) is 9.36. The van der Waals surface area contributed by atoms with E-state index < -0.39 is 0 Å². The third-order valence-electron chi connectivity index (χ3n) is 2.40. The Balaban J connectivity index is 2.25. The van der Waals surface area contributed by atoms with Gasteiger partial charge in [-0.1, -0.05) is 12.1 Å². The van der Waals surface area contributed by atoms with Crippen LogP contribution in [0.5, 0.6) is 0 Å². The zero-order valence-corrected chi connectivity index (χ0v) is 9.36. The van der Waals surface area contributed by atoms with Crippen LogP contribution < -0.4 is 5.32 Å². The second kappa shape index (κ2) is 4.65. The molecule has 0 fully saturated rings. The molecule has 1 heterocycles. The molecule has 0 aliphatic rings. The number of Topliss-reactive ketones (excluding diaryl/α,β-unsaturated/α-hetero) is 1. The largest absolute Gasteiger partial charge is 0.357 e. The Bertz CT molecular complexity index is 544. The summed E-state index contributed by atoms with van der Waals surface area (Å²) in [6.07, 6.45) is 1.67. The van der Waals surface area contributed by atoms with Crippen LogP contribution in [-0.2, 0) is 0 Å². The smallest absolute Gasteiger partial charge is 0.272 e. The third kappa shape index (κ3) is 2.42. The summed E-state index contributed by atoms with van der Waals surface area (Å²) in [7, 11) is 0. The number of aromatic amines is 1. The predicted octanol–water partition coefficient (Wildman–Crippen LogP) is 2.47. The number of ketones is 1. The summed E-state index contributed by atoms with van der Waals surface area (Å²) in [6.45, 7) is 1.47. The topological polar surface area (TPSA) is 62.0 Å². The van der Waals surface area contributed by atoms with Crippen LogP contribution in [0.4, 0.5) is 5.69 Å². The lowest BCUT2D eigenvalue weighted by molar-refractivity contribution is 0.101. The van der Waals surface area contributed by atoms with Crippen molar-refractivity contribution in [1.82, 2.24) is 4.98 Å². The highest BCUT2D eigenvalue weighted by atomic mass is 16.2. The Morgan fingerprint density at radius 3 is 2.53 bits per heavy atom.